The molecule has 1 rings (SSSR count). The Labute approximate surface area is 102 Å². The van der Waals surface area contributed by atoms with E-state index in [0.717, 1.165) is 6.42 Å². The second kappa shape index (κ2) is 5.79. The Kier molecular flexibility index (Phi) is 4.65. The first-order chi connectivity index (χ1) is 8.00. The number of hydrogen-bond donors (Lipinski definition) is 1. The van der Waals surface area contributed by atoms with E-state index in [9.17, 15) is 9.65 Å². The molecule has 1 aromatic rings. The highest BCUT2D eigenvalue weighted by atomic mass is 19.1. The zero-order valence-electron chi connectivity index (χ0n) is 10.6. The van der Waals surface area contributed by atoms with Crippen molar-refractivity contribution in [1.29, 1.82) is 5.26 Å². The van der Waals surface area contributed by atoms with Gasteiger partial charge in [0.2, 0.25) is 0 Å². The summed E-state index contributed by atoms with van der Waals surface area (Å²) in [6.45, 7) is 5.89. The van der Waals surface area contributed by atoms with Gasteiger partial charge in [0.25, 0.3) is 0 Å². The van der Waals surface area contributed by atoms with Gasteiger partial charge in [-0.2, -0.15) is 5.26 Å². The fraction of sp³-hybridized carbons (Fsp3) is 0.500. The van der Waals surface area contributed by atoms with Crippen LogP contribution in [-0.2, 0) is 6.42 Å². The fourth-order valence-electron chi connectivity index (χ4n) is 1.79. The average Bonchev–Trinajstić information content (AvgIpc) is 2.32. The minimum Gasteiger partial charge on any atom is -0.297 e. The highest BCUT2D eigenvalue weighted by Crippen LogP contribution is 2.16. The highest BCUT2D eigenvalue weighted by Gasteiger charge is 2.26. The lowest BCUT2D eigenvalue weighted by Gasteiger charge is -2.27. The van der Waals surface area contributed by atoms with Crippen molar-refractivity contribution < 1.29 is 4.39 Å². The molecule has 0 aliphatic carbocycles. The van der Waals surface area contributed by atoms with Gasteiger partial charge in [0.15, 0.2) is 0 Å². The number of nitrogens with zero attached hydrogens (tertiary/aromatic N) is 1. The summed E-state index contributed by atoms with van der Waals surface area (Å²) in [6.07, 6.45) is 1.31. The van der Waals surface area contributed by atoms with Gasteiger partial charge in [-0.3, -0.25) is 5.32 Å². The Morgan fingerprint density at radius 1 is 1.47 bits per heavy atom. The van der Waals surface area contributed by atoms with Crippen LogP contribution < -0.4 is 5.32 Å². The molecule has 0 aliphatic heterocycles. The fourth-order valence-corrected chi connectivity index (χ4v) is 1.79. The molecule has 0 saturated heterocycles. The number of hydrogen-bond acceptors (Lipinski definition) is 2. The smallest absolute Gasteiger partial charge is 0.126 e. The van der Waals surface area contributed by atoms with Crippen molar-refractivity contribution in [3.63, 3.8) is 0 Å². The third-order valence-electron chi connectivity index (χ3n) is 2.93. The molecule has 0 aliphatic rings. The predicted molar refractivity (Wildman–Crippen MR) is 67.0 cm³/mol. The molecule has 0 radical (unpaired) electrons. The van der Waals surface area contributed by atoms with E-state index in [2.05, 4.69) is 18.3 Å². The Bertz CT molecular complexity index is 411. The maximum absolute atomic E-state index is 13.5. The molecular weight excluding hydrogens is 215 g/mol. The topological polar surface area (TPSA) is 35.8 Å². The van der Waals surface area contributed by atoms with Gasteiger partial charge in [-0.1, -0.05) is 25.1 Å². The van der Waals surface area contributed by atoms with Crippen LogP contribution in [0.1, 0.15) is 32.8 Å². The van der Waals surface area contributed by atoms with E-state index in [1.54, 1.807) is 18.2 Å². The van der Waals surface area contributed by atoms with Crippen LogP contribution in [0.3, 0.4) is 0 Å². The van der Waals surface area contributed by atoms with Crippen LogP contribution >= 0.6 is 0 Å². The van der Waals surface area contributed by atoms with Crippen molar-refractivity contribution >= 4 is 0 Å². The van der Waals surface area contributed by atoms with Crippen LogP contribution in [0.4, 0.5) is 4.39 Å². The van der Waals surface area contributed by atoms with E-state index >= 15 is 0 Å². The van der Waals surface area contributed by atoms with Crippen LogP contribution in [0.25, 0.3) is 0 Å². The molecule has 0 spiro atoms. The van der Waals surface area contributed by atoms with Crippen molar-refractivity contribution in [2.75, 3.05) is 0 Å². The Morgan fingerprint density at radius 3 is 2.65 bits per heavy atom. The van der Waals surface area contributed by atoms with Crippen LogP contribution in [0, 0.1) is 17.1 Å². The summed E-state index contributed by atoms with van der Waals surface area (Å²) in [5, 5.41) is 12.5. The van der Waals surface area contributed by atoms with Gasteiger partial charge in [0.1, 0.15) is 11.4 Å². The second-order valence-electron chi connectivity index (χ2n) is 4.67. The zero-order chi connectivity index (χ0) is 12.9. The summed E-state index contributed by atoms with van der Waals surface area (Å²) in [6, 6.07) is 9.08. The summed E-state index contributed by atoms with van der Waals surface area (Å²) in [4.78, 5) is 0. The van der Waals surface area contributed by atoms with E-state index in [1.807, 2.05) is 13.8 Å². The molecule has 2 nitrogen and oxygen atoms in total. The van der Waals surface area contributed by atoms with Gasteiger partial charge in [0.05, 0.1) is 6.07 Å². The average molecular weight is 234 g/mol. The molecule has 2 atom stereocenters. The molecule has 0 aromatic heterocycles. The van der Waals surface area contributed by atoms with Crippen molar-refractivity contribution in [1.82, 2.24) is 5.32 Å². The van der Waals surface area contributed by atoms with E-state index in [4.69, 9.17) is 0 Å². The largest absolute Gasteiger partial charge is 0.297 e. The van der Waals surface area contributed by atoms with Gasteiger partial charge in [-0.25, -0.2) is 4.39 Å². The maximum atomic E-state index is 13.5. The quantitative estimate of drug-likeness (QED) is 0.850. The summed E-state index contributed by atoms with van der Waals surface area (Å²) >= 11 is 0. The standard InChI is InChI=1S/C14H19FN2/c1-4-11(2)17-14(3,10-16)9-12-7-5-6-8-13(12)15/h5-8,11,17H,4,9H2,1-3H3. The molecule has 2 unspecified atom stereocenters. The lowest BCUT2D eigenvalue weighted by atomic mass is 9.93. The Balaban J connectivity index is 2.83. The lowest BCUT2D eigenvalue weighted by Crippen LogP contribution is -2.47. The molecule has 0 heterocycles. The first-order valence-corrected chi connectivity index (χ1v) is 5.93. The Morgan fingerprint density at radius 2 is 2.12 bits per heavy atom. The SMILES string of the molecule is CCC(C)NC(C)(C#N)Cc1ccccc1F. The number of benzene rings is 1. The second-order valence-corrected chi connectivity index (χ2v) is 4.67. The highest BCUT2D eigenvalue weighted by molar-refractivity contribution is 5.23. The molecule has 1 N–H and O–H groups in total. The van der Waals surface area contributed by atoms with Gasteiger partial charge >= 0.3 is 0 Å². The molecular formula is C14H19FN2. The third-order valence-corrected chi connectivity index (χ3v) is 2.93. The van der Waals surface area contributed by atoms with Gasteiger partial charge in [-0.05, 0) is 31.9 Å². The zero-order valence-corrected chi connectivity index (χ0v) is 10.6. The molecule has 1 aromatic carbocycles. The van der Waals surface area contributed by atoms with Gasteiger partial charge in [0, 0.05) is 12.5 Å². The van der Waals surface area contributed by atoms with E-state index in [1.165, 1.54) is 6.07 Å². The molecule has 92 valence electrons. The van der Waals surface area contributed by atoms with Crippen molar-refractivity contribution in [2.24, 2.45) is 0 Å². The molecule has 17 heavy (non-hydrogen) atoms. The van der Waals surface area contributed by atoms with Gasteiger partial charge < -0.3 is 0 Å². The predicted octanol–water partition coefficient (Wildman–Crippen LogP) is 3.04. The number of halogens is 1. The maximum Gasteiger partial charge on any atom is 0.126 e. The molecule has 0 amide bonds. The van der Waals surface area contributed by atoms with Crippen molar-refractivity contribution in [3.05, 3.63) is 35.6 Å². The van der Waals surface area contributed by atoms with Gasteiger partial charge in [-0.15, -0.1) is 0 Å². The van der Waals surface area contributed by atoms with E-state index in [-0.39, 0.29) is 11.9 Å². The molecule has 0 fully saturated rings. The Hall–Kier alpha value is -1.40. The molecule has 0 bridgehead atoms. The van der Waals surface area contributed by atoms with Crippen LogP contribution in [0.2, 0.25) is 0 Å². The lowest BCUT2D eigenvalue weighted by molar-refractivity contribution is 0.378. The molecule has 0 saturated carbocycles. The summed E-state index contributed by atoms with van der Waals surface area (Å²) in [5.74, 6) is -0.250. The first-order valence-electron chi connectivity index (χ1n) is 5.93. The minimum atomic E-state index is -0.725. The number of nitrogens with one attached hydrogen (secondary N) is 1. The van der Waals surface area contributed by atoms with Crippen molar-refractivity contribution in [2.45, 2.75) is 45.2 Å². The van der Waals surface area contributed by atoms with Crippen LogP contribution in [-0.4, -0.2) is 11.6 Å². The van der Waals surface area contributed by atoms with E-state index < -0.39 is 5.54 Å². The van der Waals surface area contributed by atoms with Crippen LogP contribution in [0.5, 0.6) is 0 Å². The number of rotatable bonds is 5. The summed E-state index contributed by atoms with van der Waals surface area (Å²) in [7, 11) is 0. The van der Waals surface area contributed by atoms with E-state index in [0.29, 0.717) is 12.0 Å². The van der Waals surface area contributed by atoms with Crippen molar-refractivity contribution in [3.8, 4) is 6.07 Å². The normalized spacial score (nSPS) is 15.9. The van der Waals surface area contributed by atoms with Crippen LogP contribution in [0.15, 0.2) is 24.3 Å². The third kappa shape index (κ3) is 3.83. The monoisotopic (exact) mass is 234 g/mol. The first kappa shape index (κ1) is 13.7. The summed E-state index contributed by atoms with van der Waals surface area (Å²) < 4.78 is 13.5. The minimum absolute atomic E-state index is 0.242. The molecule has 3 heteroatoms. The number of nitriles is 1. The summed E-state index contributed by atoms with van der Waals surface area (Å²) in [5.41, 5.74) is -0.148.